The van der Waals surface area contributed by atoms with Gasteiger partial charge in [-0.1, -0.05) is 48.5 Å². The molecule has 0 aliphatic rings. The summed E-state index contributed by atoms with van der Waals surface area (Å²) in [6.45, 7) is 4.23. The van der Waals surface area contributed by atoms with Gasteiger partial charge in [0.25, 0.3) is 0 Å². The van der Waals surface area contributed by atoms with Crippen LogP contribution in [0.15, 0.2) is 48.5 Å². The van der Waals surface area contributed by atoms with Crippen LogP contribution in [0.1, 0.15) is 22.3 Å². The second kappa shape index (κ2) is 8.12. The number of aryl methyl sites for hydroxylation is 2. The minimum atomic E-state index is -0.841. The van der Waals surface area contributed by atoms with Crippen molar-refractivity contribution in [1.29, 1.82) is 0 Å². The molecule has 0 aliphatic heterocycles. The molecule has 0 saturated carbocycles. The Morgan fingerprint density at radius 1 is 0.900 bits per heavy atom. The van der Waals surface area contributed by atoms with Crippen molar-refractivity contribution in [3.8, 4) is 0 Å². The molecule has 2 N–H and O–H groups in total. The van der Waals surface area contributed by atoms with Crippen LogP contribution in [-0.2, 0) is 17.8 Å². The molecule has 2 aromatic carbocycles. The second-order valence-electron chi connectivity index (χ2n) is 4.63. The highest BCUT2D eigenvalue weighted by molar-refractivity contribution is 5.70. The van der Waals surface area contributed by atoms with E-state index in [4.69, 9.17) is 10.2 Å². The second-order valence-corrected chi connectivity index (χ2v) is 4.63. The van der Waals surface area contributed by atoms with Gasteiger partial charge < -0.3 is 10.2 Å². The van der Waals surface area contributed by atoms with E-state index in [1.807, 2.05) is 0 Å². The van der Waals surface area contributed by atoms with Crippen LogP contribution in [0.2, 0.25) is 0 Å². The van der Waals surface area contributed by atoms with Crippen LogP contribution in [0.3, 0.4) is 0 Å². The van der Waals surface area contributed by atoms with Gasteiger partial charge in [-0.05, 0) is 36.1 Å². The van der Waals surface area contributed by atoms with Gasteiger partial charge in [0.15, 0.2) is 0 Å². The summed E-state index contributed by atoms with van der Waals surface area (Å²) in [6, 6.07) is 15.2. The lowest BCUT2D eigenvalue weighted by atomic mass is 10.1. The third kappa shape index (κ3) is 5.67. The monoisotopic (exact) mass is 272 g/mol. The van der Waals surface area contributed by atoms with Crippen molar-refractivity contribution in [2.45, 2.75) is 26.9 Å². The van der Waals surface area contributed by atoms with Crippen LogP contribution in [-0.4, -0.2) is 16.2 Å². The molecular weight excluding hydrogens is 252 g/mol. The van der Waals surface area contributed by atoms with E-state index in [2.05, 4.69) is 38.1 Å². The third-order valence-electron chi connectivity index (χ3n) is 2.99. The van der Waals surface area contributed by atoms with Crippen LogP contribution in [0.5, 0.6) is 0 Å². The fourth-order valence-corrected chi connectivity index (χ4v) is 1.60. The van der Waals surface area contributed by atoms with E-state index in [-0.39, 0.29) is 13.0 Å². The van der Waals surface area contributed by atoms with Gasteiger partial charge in [-0.3, -0.25) is 4.79 Å². The number of carboxylic acids is 1. The average Bonchev–Trinajstić information content (AvgIpc) is 2.43. The van der Waals surface area contributed by atoms with Gasteiger partial charge in [0.1, 0.15) is 0 Å². The van der Waals surface area contributed by atoms with Crippen molar-refractivity contribution < 1.29 is 15.0 Å². The Morgan fingerprint density at radius 2 is 1.35 bits per heavy atom. The highest BCUT2D eigenvalue weighted by Gasteiger charge is 1.99. The number of hydrogen-bond acceptors (Lipinski definition) is 2. The normalized spacial score (nSPS) is 9.55. The van der Waals surface area contributed by atoms with Crippen molar-refractivity contribution in [1.82, 2.24) is 0 Å². The molecule has 0 aromatic heterocycles. The maximum atomic E-state index is 10.3. The van der Waals surface area contributed by atoms with Gasteiger partial charge in [0, 0.05) is 0 Å². The molecule has 0 bridgehead atoms. The van der Waals surface area contributed by atoms with Gasteiger partial charge in [0.05, 0.1) is 13.0 Å². The lowest BCUT2D eigenvalue weighted by molar-refractivity contribution is -0.136. The highest BCUT2D eigenvalue weighted by Crippen LogP contribution is 2.04. The van der Waals surface area contributed by atoms with E-state index in [0.717, 1.165) is 11.1 Å². The van der Waals surface area contributed by atoms with Crippen LogP contribution in [0.25, 0.3) is 0 Å². The predicted octanol–water partition coefficient (Wildman–Crippen LogP) is 3.11. The van der Waals surface area contributed by atoms with E-state index in [1.54, 1.807) is 24.3 Å². The minimum absolute atomic E-state index is 0.00660. The fourth-order valence-electron chi connectivity index (χ4n) is 1.60. The lowest BCUT2D eigenvalue weighted by Crippen LogP contribution is -1.99. The van der Waals surface area contributed by atoms with Gasteiger partial charge in [-0.15, -0.1) is 0 Å². The Labute approximate surface area is 119 Å². The standard InChI is InChI=1S/C9H10O3.C8H10/c10-6-8-3-1-7(2-4-8)5-9(11)12;1-7-5-3-4-6-8(7)2/h1-4,10H,5-6H2,(H,11,12);3-6H,1-2H3. The highest BCUT2D eigenvalue weighted by atomic mass is 16.4. The molecule has 20 heavy (non-hydrogen) atoms. The Balaban J connectivity index is 0.000000217. The summed E-state index contributed by atoms with van der Waals surface area (Å²) >= 11 is 0. The summed E-state index contributed by atoms with van der Waals surface area (Å²) < 4.78 is 0. The Hall–Kier alpha value is -2.13. The fraction of sp³-hybridized carbons (Fsp3) is 0.235. The molecule has 0 saturated heterocycles. The summed E-state index contributed by atoms with van der Waals surface area (Å²) in [7, 11) is 0. The Kier molecular flexibility index (Phi) is 6.47. The number of carbonyl (C=O) groups is 1. The molecule has 3 heteroatoms. The van der Waals surface area contributed by atoms with Crippen LogP contribution in [0.4, 0.5) is 0 Å². The number of carboxylic acid groups (broad SMARTS) is 1. The van der Waals surface area contributed by atoms with Crippen molar-refractivity contribution >= 4 is 5.97 Å². The van der Waals surface area contributed by atoms with Gasteiger partial charge in [0.2, 0.25) is 0 Å². The van der Waals surface area contributed by atoms with Crippen molar-refractivity contribution in [3.05, 3.63) is 70.8 Å². The smallest absolute Gasteiger partial charge is 0.307 e. The summed E-state index contributed by atoms with van der Waals surface area (Å²) in [5, 5.41) is 17.1. The third-order valence-corrected chi connectivity index (χ3v) is 2.99. The van der Waals surface area contributed by atoms with Crippen LogP contribution >= 0.6 is 0 Å². The summed E-state index contributed by atoms with van der Waals surface area (Å²) in [5.41, 5.74) is 4.28. The first kappa shape index (κ1) is 15.9. The van der Waals surface area contributed by atoms with Gasteiger partial charge >= 0.3 is 5.97 Å². The van der Waals surface area contributed by atoms with E-state index in [0.29, 0.717) is 0 Å². The molecule has 0 aliphatic carbocycles. The summed E-state index contributed by atoms with van der Waals surface area (Å²) in [4.78, 5) is 10.3. The Bertz CT molecular complexity index is 523. The molecule has 3 nitrogen and oxygen atoms in total. The molecule has 0 fully saturated rings. The van der Waals surface area contributed by atoms with Gasteiger partial charge in [-0.25, -0.2) is 0 Å². The number of benzene rings is 2. The number of aliphatic carboxylic acids is 1. The largest absolute Gasteiger partial charge is 0.481 e. The summed E-state index contributed by atoms with van der Waals surface area (Å²) in [6.07, 6.45) is 0.0334. The quantitative estimate of drug-likeness (QED) is 0.902. The molecule has 0 heterocycles. The van der Waals surface area contributed by atoms with Crippen LogP contribution in [0, 0.1) is 13.8 Å². The minimum Gasteiger partial charge on any atom is -0.481 e. The molecule has 0 spiro atoms. The molecule has 0 atom stereocenters. The zero-order chi connectivity index (χ0) is 15.0. The van der Waals surface area contributed by atoms with Crippen molar-refractivity contribution in [2.75, 3.05) is 0 Å². The molecule has 0 amide bonds. The van der Waals surface area contributed by atoms with Crippen molar-refractivity contribution in [3.63, 3.8) is 0 Å². The zero-order valence-electron chi connectivity index (χ0n) is 11.8. The molecule has 0 unspecified atom stereocenters. The number of aliphatic hydroxyl groups is 1. The first-order valence-electron chi connectivity index (χ1n) is 6.45. The molecule has 2 aromatic rings. The summed E-state index contributed by atoms with van der Waals surface area (Å²) in [5.74, 6) is -0.841. The molecule has 106 valence electrons. The molecule has 2 rings (SSSR count). The average molecular weight is 272 g/mol. The molecule has 0 radical (unpaired) electrons. The SMILES string of the molecule is Cc1ccccc1C.O=C(O)Cc1ccc(CO)cc1. The number of hydrogen-bond donors (Lipinski definition) is 2. The predicted molar refractivity (Wildman–Crippen MR) is 79.6 cm³/mol. The van der Waals surface area contributed by atoms with E-state index in [9.17, 15) is 4.79 Å². The van der Waals surface area contributed by atoms with Crippen molar-refractivity contribution in [2.24, 2.45) is 0 Å². The Morgan fingerprint density at radius 3 is 1.70 bits per heavy atom. The maximum Gasteiger partial charge on any atom is 0.307 e. The number of aliphatic hydroxyl groups excluding tert-OH is 1. The maximum absolute atomic E-state index is 10.3. The lowest BCUT2D eigenvalue weighted by Gasteiger charge is -1.98. The van der Waals surface area contributed by atoms with E-state index < -0.39 is 5.97 Å². The first-order valence-corrected chi connectivity index (χ1v) is 6.45. The zero-order valence-corrected chi connectivity index (χ0v) is 11.8. The topological polar surface area (TPSA) is 57.5 Å². The number of rotatable bonds is 3. The van der Waals surface area contributed by atoms with Gasteiger partial charge in [-0.2, -0.15) is 0 Å². The van der Waals surface area contributed by atoms with Crippen LogP contribution < -0.4 is 0 Å². The van der Waals surface area contributed by atoms with E-state index >= 15 is 0 Å². The van der Waals surface area contributed by atoms with E-state index in [1.165, 1.54) is 11.1 Å². The first-order chi connectivity index (χ1) is 9.52. The molecular formula is C17H20O3.